The van der Waals surface area contributed by atoms with Crippen molar-refractivity contribution < 1.29 is 22.0 Å². The maximum atomic E-state index is 13.3. The van der Waals surface area contributed by atoms with E-state index in [1.807, 2.05) is 13.8 Å². The van der Waals surface area contributed by atoms with Crippen LogP contribution in [0.3, 0.4) is 0 Å². The van der Waals surface area contributed by atoms with E-state index in [4.69, 9.17) is 28.2 Å². The Morgan fingerprint density at radius 3 is 2.39 bits per heavy atom. The molecule has 8 rings (SSSR count). The second-order valence-electron chi connectivity index (χ2n) is 12.7. The smallest absolute Gasteiger partial charge is 0.245 e. The molecule has 7 aliphatic rings. The van der Waals surface area contributed by atoms with E-state index in [1.165, 1.54) is 4.31 Å². The summed E-state index contributed by atoms with van der Waals surface area (Å²) in [6, 6.07) is 4.43. The summed E-state index contributed by atoms with van der Waals surface area (Å²) in [5, 5.41) is 7.28. The molecule has 0 radical (unpaired) electrons. The SMILES string of the molecule is CC1(C)N=C(C23CC(N(Cc4ccc(Cl)c(Cl)c4)S(=O)(=O)CCC(F)F)(C2)C3)N[C@H]1C(=O)NC12CC(C1)C2. The maximum Gasteiger partial charge on any atom is 0.245 e. The van der Waals surface area contributed by atoms with Crippen molar-refractivity contribution in [2.45, 2.75) is 94.4 Å². The minimum atomic E-state index is -3.98. The van der Waals surface area contributed by atoms with Gasteiger partial charge in [0, 0.05) is 29.5 Å². The molecule has 7 nitrogen and oxygen atoms in total. The molecule has 6 saturated carbocycles. The average molecular weight is 590 g/mol. The number of aliphatic imine (C=N–C) groups is 1. The van der Waals surface area contributed by atoms with Crippen LogP contribution in [0.2, 0.25) is 10.0 Å². The molecule has 1 atom stereocenters. The summed E-state index contributed by atoms with van der Waals surface area (Å²) in [5.74, 6) is 0.843. The first-order chi connectivity index (χ1) is 17.7. The van der Waals surface area contributed by atoms with Crippen LogP contribution in [0.5, 0.6) is 0 Å². The van der Waals surface area contributed by atoms with Gasteiger partial charge in [-0.05, 0) is 76.0 Å². The minimum Gasteiger partial charge on any atom is -0.360 e. The van der Waals surface area contributed by atoms with Gasteiger partial charge in [0.2, 0.25) is 22.4 Å². The van der Waals surface area contributed by atoms with Crippen LogP contribution in [0.25, 0.3) is 0 Å². The van der Waals surface area contributed by atoms with Gasteiger partial charge in [0.1, 0.15) is 11.9 Å². The number of amides is 1. The van der Waals surface area contributed by atoms with Crippen LogP contribution >= 0.6 is 23.2 Å². The number of alkyl halides is 2. The van der Waals surface area contributed by atoms with Crippen molar-refractivity contribution in [1.29, 1.82) is 0 Å². The van der Waals surface area contributed by atoms with Gasteiger partial charge in [-0.25, -0.2) is 17.2 Å². The molecule has 1 aliphatic heterocycles. The number of halogens is 4. The van der Waals surface area contributed by atoms with E-state index in [2.05, 4.69) is 10.6 Å². The van der Waals surface area contributed by atoms with E-state index in [0.29, 0.717) is 34.9 Å². The molecule has 6 fully saturated rings. The summed E-state index contributed by atoms with van der Waals surface area (Å²) in [4.78, 5) is 18.1. The number of nitrogens with one attached hydrogen (secondary N) is 2. The highest BCUT2D eigenvalue weighted by atomic mass is 35.5. The molecule has 208 valence electrons. The van der Waals surface area contributed by atoms with E-state index < -0.39 is 45.7 Å². The molecule has 0 aromatic heterocycles. The van der Waals surface area contributed by atoms with Crippen molar-refractivity contribution in [3.8, 4) is 0 Å². The summed E-state index contributed by atoms with van der Waals surface area (Å²) < 4.78 is 54.0. The van der Waals surface area contributed by atoms with E-state index in [9.17, 15) is 22.0 Å². The summed E-state index contributed by atoms with van der Waals surface area (Å²) in [5.41, 5.74) is -1.03. The van der Waals surface area contributed by atoms with Gasteiger partial charge in [-0.3, -0.25) is 9.79 Å². The zero-order chi connectivity index (χ0) is 27.3. The van der Waals surface area contributed by atoms with Gasteiger partial charge >= 0.3 is 0 Å². The second kappa shape index (κ2) is 8.51. The molecule has 38 heavy (non-hydrogen) atoms. The Morgan fingerprint density at radius 2 is 1.84 bits per heavy atom. The van der Waals surface area contributed by atoms with Crippen LogP contribution in [0.15, 0.2) is 23.2 Å². The zero-order valence-corrected chi connectivity index (χ0v) is 23.7. The van der Waals surface area contributed by atoms with Crippen LogP contribution in [0, 0.1) is 11.3 Å². The predicted molar refractivity (Wildman–Crippen MR) is 142 cm³/mol. The minimum absolute atomic E-state index is 0.0258. The van der Waals surface area contributed by atoms with E-state index in [0.717, 1.165) is 31.0 Å². The molecule has 1 amide bonds. The third-order valence-corrected chi connectivity index (χ3v) is 12.0. The maximum absolute atomic E-state index is 13.3. The van der Waals surface area contributed by atoms with Crippen LogP contribution in [-0.2, 0) is 21.4 Å². The fraction of sp³-hybridized carbons (Fsp3) is 0.692. The molecule has 0 unspecified atom stereocenters. The molecule has 1 aromatic carbocycles. The van der Waals surface area contributed by atoms with Gasteiger partial charge in [0.05, 0.1) is 21.3 Å². The normalized spacial score (nSPS) is 35.9. The number of amidine groups is 1. The molecule has 6 aliphatic carbocycles. The van der Waals surface area contributed by atoms with Gasteiger partial charge in [0.15, 0.2) is 0 Å². The molecule has 4 bridgehead atoms. The fourth-order valence-electron chi connectivity index (χ4n) is 7.28. The number of hydrogen-bond acceptors (Lipinski definition) is 5. The molecule has 1 heterocycles. The lowest BCUT2D eigenvalue weighted by atomic mass is 9.38. The Balaban J connectivity index is 1.18. The highest BCUT2D eigenvalue weighted by Gasteiger charge is 2.75. The van der Waals surface area contributed by atoms with E-state index in [1.54, 1.807) is 18.2 Å². The van der Waals surface area contributed by atoms with Crippen molar-refractivity contribution in [1.82, 2.24) is 14.9 Å². The Hall–Kier alpha value is -1.49. The molecule has 12 heteroatoms. The Labute approximate surface area is 231 Å². The molecule has 1 aromatic rings. The quantitative estimate of drug-likeness (QED) is 0.420. The highest BCUT2D eigenvalue weighted by molar-refractivity contribution is 7.89. The Bertz CT molecular complexity index is 1300. The lowest BCUT2D eigenvalue weighted by molar-refractivity contribution is -0.151. The van der Waals surface area contributed by atoms with Crippen LogP contribution in [0.1, 0.15) is 64.4 Å². The number of carbonyl (C=O) groups excluding carboxylic acids is 1. The third kappa shape index (κ3) is 4.16. The molecular formula is C26H32Cl2F2N4O3S. The fourth-order valence-corrected chi connectivity index (χ4v) is 9.43. The van der Waals surface area contributed by atoms with Gasteiger partial charge < -0.3 is 10.6 Å². The van der Waals surface area contributed by atoms with Crippen molar-refractivity contribution in [2.24, 2.45) is 16.3 Å². The van der Waals surface area contributed by atoms with Gasteiger partial charge in [0.25, 0.3) is 0 Å². The van der Waals surface area contributed by atoms with Crippen LogP contribution < -0.4 is 10.6 Å². The number of hydrogen-bond donors (Lipinski definition) is 2. The topological polar surface area (TPSA) is 90.9 Å². The van der Waals surface area contributed by atoms with Gasteiger partial charge in [-0.1, -0.05) is 29.3 Å². The van der Waals surface area contributed by atoms with Gasteiger partial charge in [-0.15, -0.1) is 0 Å². The summed E-state index contributed by atoms with van der Waals surface area (Å²) in [6.07, 6.45) is 1.32. The lowest BCUT2D eigenvalue weighted by Gasteiger charge is -2.73. The predicted octanol–water partition coefficient (Wildman–Crippen LogP) is 4.52. The second-order valence-corrected chi connectivity index (χ2v) is 15.6. The number of sulfonamides is 1. The number of benzene rings is 1. The Morgan fingerprint density at radius 1 is 1.18 bits per heavy atom. The van der Waals surface area contributed by atoms with Crippen molar-refractivity contribution in [3.63, 3.8) is 0 Å². The largest absolute Gasteiger partial charge is 0.360 e. The Kier molecular flexibility index (Phi) is 5.98. The molecule has 2 N–H and O–H groups in total. The standard InChI is InChI=1S/C26H32Cl2F2N4O3S/c1-23(2)20(21(35)32-25-8-16(9-25)10-25)31-22(33-23)24-12-26(13-24,14-24)34(38(36,37)6-5-19(29)30)11-15-3-4-17(27)18(28)7-15/h3-4,7,16,19-20H,5-6,8-14H2,1-2H3,(H,31,33)(H,32,35)/t16?,20-,24?,25?,26?/m0/s1. The van der Waals surface area contributed by atoms with E-state index in [-0.39, 0.29) is 23.4 Å². The summed E-state index contributed by atoms with van der Waals surface area (Å²) >= 11 is 12.2. The average Bonchev–Trinajstić information content (AvgIpc) is 3.03. The number of nitrogens with zero attached hydrogens (tertiary/aromatic N) is 2. The monoisotopic (exact) mass is 588 g/mol. The van der Waals surface area contributed by atoms with Crippen molar-refractivity contribution >= 4 is 45.0 Å². The molecule has 0 spiro atoms. The first-order valence-electron chi connectivity index (χ1n) is 13.1. The third-order valence-electron chi connectivity index (χ3n) is 9.35. The van der Waals surface area contributed by atoms with E-state index >= 15 is 0 Å². The zero-order valence-electron chi connectivity index (χ0n) is 21.4. The number of rotatable bonds is 10. The van der Waals surface area contributed by atoms with Crippen molar-refractivity contribution in [3.05, 3.63) is 33.8 Å². The summed E-state index contributed by atoms with van der Waals surface area (Å²) in [7, 11) is -3.98. The number of carbonyl (C=O) groups is 1. The molecule has 0 saturated heterocycles. The molecular weight excluding hydrogens is 557 g/mol. The van der Waals surface area contributed by atoms with Crippen LogP contribution in [0.4, 0.5) is 8.78 Å². The van der Waals surface area contributed by atoms with Gasteiger partial charge in [-0.2, -0.15) is 4.31 Å². The highest BCUT2D eigenvalue weighted by Crippen LogP contribution is 2.71. The first kappa shape index (κ1) is 26.7. The van der Waals surface area contributed by atoms with Crippen LogP contribution in [-0.4, -0.2) is 59.3 Å². The van der Waals surface area contributed by atoms with Crippen molar-refractivity contribution in [2.75, 3.05) is 5.75 Å². The first-order valence-corrected chi connectivity index (χ1v) is 15.4. The lowest BCUT2D eigenvalue weighted by Crippen LogP contribution is -2.79. The summed E-state index contributed by atoms with van der Waals surface area (Å²) in [6.45, 7) is 3.90.